The molecule has 0 aliphatic carbocycles. The first kappa shape index (κ1) is 13.9. The number of carbonyl (C=O) groups is 1. The van der Waals surface area contributed by atoms with Crippen molar-refractivity contribution in [3.05, 3.63) is 65.0 Å². The molecule has 0 bridgehead atoms. The molecular weight excluding hydrogens is 269 g/mol. The Morgan fingerprint density at radius 2 is 1.60 bits per heavy atom. The number of nitrogen functional groups attached to an aromatic ring is 1. The van der Waals surface area contributed by atoms with Gasteiger partial charge in [0.15, 0.2) is 17.5 Å². The van der Waals surface area contributed by atoms with E-state index in [0.29, 0.717) is 17.8 Å². The van der Waals surface area contributed by atoms with Gasteiger partial charge in [-0.15, -0.1) is 0 Å². The highest BCUT2D eigenvalue weighted by Gasteiger charge is 2.14. The SMILES string of the molecule is Nc1ccc(CNC(=O)c2cc(F)c(F)c(F)c2)cc1. The Labute approximate surface area is 113 Å². The molecule has 2 rings (SSSR count). The molecule has 0 unspecified atom stereocenters. The van der Waals surface area contributed by atoms with Gasteiger partial charge in [0.25, 0.3) is 5.91 Å². The number of carbonyl (C=O) groups excluding carboxylic acids is 1. The van der Waals surface area contributed by atoms with Crippen molar-refractivity contribution in [3.63, 3.8) is 0 Å². The van der Waals surface area contributed by atoms with Gasteiger partial charge < -0.3 is 11.1 Å². The number of rotatable bonds is 3. The molecule has 2 aromatic rings. The van der Waals surface area contributed by atoms with Crippen molar-refractivity contribution in [3.8, 4) is 0 Å². The predicted octanol–water partition coefficient (Wildman–Crippen LogP) is 2.62. The first-order chi connectivity index (χ1) is 9.47. The van der Waals surface area contributed by atoms with Gasteiger partial charge in [-0.2, -0.15) is 0 Å². The molecule has 6 heteroatoms. The van der Waals surface area contributed by atoms with E-state index in [1.54, 1.807) is 24.3 Å². The zero-order valence-corrected chi connectivity index (χ0v) is 10.3. The average molecular weight is 280 g/mol. The molecule has 20 heavy (non-hydrogen) atoms. The molecule has 0 aliphatic heterocycles. The lowest BCUT2D eigenvalue weighted by Gasteiger charge is -2.06. The number of benzene rings is 2. The van der Waals surface area contributed by atoms with Crippen LogP contribution in [0, 0.1) is 17.5 Å². The molecule has 2 aromatic carbocycles. The molecule has 3 nitrogen and oxygen atoms in total. The second-order valence-electron chi connectivity index (χ2n) is 4.18. The number of amides is 1. The third kappa shape index (κ3) is 3.09. The molecule has 0 atom stereocenters. The number of hydrogen-bond donors (Lipinski definition) is 2. The Hall–Kier alpha value is -2.50. The van der Waals surface area contributed by atoms with Crippen LogP contribution in [-0.4, -0.2) is 5.91 Å². The monoisotopic (exact) mass is 280 g/mol. The van der Waals surface area contributed by atoms with Gasteiger partial charge in [0.2, 0.25) is 0 Å². The normalized spacial score (nSPS) is 10.3. The lowest BCUT2D eigenvalue weighted by Crippen LogP contribution is -2.23. The van der Waals surface area contributed by atoms with Gasteiger partial charge in [0.1, 0.15) is 0 Å². The summed E-state index contributed by atoms with van der Waals surface area (Å²) in [6.45, 7) is 0.166. The third-order valence-corrected chi connectivity index (χ3v) is 2.68. The van der Waals surface area contributed by atoms with Crippen LogP contribution in [-0.2, 0) is 6.54 Å². The van der Waals surface area contributed by atoms with Gasteiger partial charge in [-0.25, -0.2) is 13.2 Å². The van der Waals surface area contributed by atoms with Crippen molar-refractivity contribution in [1.29, 1.82) is 0 Å². The Bertz CT molecular complexity index is 618. The topological polar surface area (TPSA) is 55.1 Å². The van der Waals surface area contributed by atoms with Crippen molar-refractivity contribution in [2.24, 2.45) is 0 Å². The summed E-state index contributed by atoms with van der Waals surface area (Å²) in [6.07, 6.45) is 0. The molecule has 104 valence electrons. The van der Waals surface area contributed by atoms with Crippen molar-refractivity contribution < 1.29 is 18.0 Å². The fourth-order valence-electron chi connectivity index (χ4n) is 1.61. The quantitative estimate of drug-likeness (QED) is 0.670. The van der Waals surface area contributed by atoms with Gasteiger partial charge in [-0.05, 0) is 29.8 Å². The summed E-state index contributed by atoms with van der Waals surface area (Å²) in [5.74, 6) is -5.09. The van der Waals surface area contributed by atoms with E-state index in [4.69, 9.17) is 5.73 Å². The van der Waals surface area contributed by atoms with Gasteiger partial charge in [-0.3, -0.25) is 4.79 Å². The fourth-order valence-corrected chi connectivity index (χ4v) is 1.61. The molecule has 0 fully saturated rings. The second-order valence-corrected chi connectivity index (χ2v) is 4.18. The largest absolute Gasteiger partial charge is 0.399 e. The van der Waals surface area contributed by atoms with Crippen LogP contribution in [0.3, 0.4) is 0 Å². The Kier molecular flexibility index (Phi) is 3.93. The summed E-state index contributed by atoms with van der Waals surface area (Å²) in [6, 6.07) is 8.05. The molecule has 1 amide bonds. The van der Waals surface area contributed by atoms with E-state index in [1.165, 1.54) is 0 Å². The van der Waals surface area contributed by atoms with Crippen LogP contribution >= 0.6 is 0 Å². The van der Waals surface area contributed by atoms with Gasteiger partial charge in [-0.1, -0.05) is 12.1 Å². The summed E-state index contributed by atoms with van der Waals surface area (Å²) < 4.78 is 38.8. The maximum absolute atomic E-state index is 13.0. The number of halogens is 3. The number of hydrogen-bond acceptors (Lipinski definition) is 2. The second kappa shape index (κ2) is 5.64. The molecule has 0 saturated carbocycles. The third-order valence-electron chi connectivity index (χ3n) is 2.68. The van der Waals surface area contributed by atoms with Crippen molar-refractivity contribution in [2.45, 2.75) is 6.54 Å². The highest BCUT2D eigenvalue weighted by Crippen LogP contribution is 2.13. The summed E-state index contributed by atoms with van der Waals surface area (Å²) in [5.41, 5.74) is 6.59. The fraction of sp³-hybridized carbons (Fsp3) is 0.0714. The summed E-state index contributed by atoms with van der Waals surface area (Å²) in [7, 11) is 0. The lowest BCUT2D eigenvalue weighted by atomic mass is 10.1. The van der Waals surface area contributed by atoms with Gasteiger partial charge in [0, 0.05) is 17.8 Å². The van der Waals surface area contributed by atoms with E-state index in [9.17, 15) is 18.0 Å². The van der Waals surface area contributed by atoms with E-state index >= 15 is 0 Å². The lowest BCUT2D eigenvalue weighted by molar-refractivity contribution is 0.0949. The first-order valence-corrected chi connectivity index (χ1v) is 5.74. The minimum atomic E-state index is -1.60. The maximum atomic E-state index is 13.0. The van der Waals surface area contributed by atoms with Crippen LogP contribution < -0.4 is 11.1 Å². The van der Waals surface area contributed by atoms with Crippen LogP contribution in [0.1, 0.15) is 15.9 Å². The molecular formula is C14H11F3N2O. The van der Waals surface area contributed by atoms with E-state index in [1.807, 2.05) is 0 Å². The molecule has 0 radical (unpaired) electrons. The molecule has 0 spiro atoms. The van der Waals surface area contributed by atoms with Gasteiger partial charge >= 0.3 is 0 Å². The molecule has 0 saturated heterocycles. The zero-order chi connectivity index (χ0) is 14.7. The average Bonchev–Trinajstić information content (AvgIpc) is 2.43. The Morgan fingerprint density at radius 1 is 1.05 bits per heavy atom. The smallest absolute Gasteiger partial charge is 0.251 e. The molecule has 0 heterocycles. The van der Waals surface area contributed by atoms with Gasteiger partial charge in [0.05, 0.1) is 0 Å². The maximum Gasteiger partial charge on any atom is 0.251 e. The number of nitrogens with one attached hydrogen (secondary N) is 1. The van der Waals surface area contributed by atoms with Crippen LogP contribution in [0.4, 0.5) is 18.9 Å². The minimum Gasteiger partial charge on any atom is -0.399 e. The number of nitrogens with two attached hydrogens (primary N) is 1. The minimum absolute atomic E-state index is 0.166. The van der Waals surface area contributed by atoms with Crippen molar-refractivity contribution >= 4 is 11.6 Å². The number of anilines is 1. The zero-order valence-electron chi connectivity index (χ0n) is 10.3. The first-order valence-electron chi connectivity index (χ1n) is 5.74. The Balaban J connectivity index is 2.07. The predicted molar refractivity (Wildman–Crippen MR) is 68.3 cm³/mol. The van der Waals surface area contributed by atoms with Crippen LogP contribution in [0.5, 0.6) is 0 Å². The van der Waals surface area contributed by atoms with Crippen LogP contribution in [0.2, 0.25) is 0 Å². The molecule has 0 aliphatic rings. The Morgan fingerprint density at radius 3 is 2.15 bits per heavy atom. The van der Waals surface area contributed by atoms with E-state index in [0.717, 1.165) is 5.56 Å². The van der Waals surface area contributed by atoms with E-state index < -0.39 is 23.4 Å². The van der Waals surface area contributed by atoms with Crippen molar-refractivity contribution in [2.75, 3.05) is 5.73 Å². The summed E-state index contributed by atoms with van der Waals surface area (Å²) >= 11 is 0. The molecule has 0 aromatic heterocycles. The standard InChI is InChI=1S/C14H11F3N2O/c15-11-5-9(6-12(16)13(11)17)14(20)19-7-8-1-3-10(18)4-2-8/h1-6H,7,18H2,(H,19,20). The summed E-state index contributed by atoms with van der Waals surface area (Å²) in [4.78, 5) is 11.7. The van der Waals surface area contributed by atoms with Crippen molar-refractivity contribution in [1.82, 2.24) is 5.32 Å². The highest BCUT2D eigenvalue weighted by atomic mass is 19.2. The van der Waals surface area contributed by atoms with E-state index in [-0.39, 0.29) is 12.1 Å². The van der Waals surface area contributed by atoms with Crippen LogP contribution in [0.25, 0.3) is 0 Å². The molecule has 3 N–H and O–H groups in total. The van der Waals surface area contributed by atoms with Crippen LogP contribution in [0.15, 0.2) is 36.4 Å². The van der Waals surface area contributed by atoms with E-state index in [2.05, 4.69) is 5.32 Å². The highest BCUT2D eigenvalue weighted by molar-refractivity contribution is 5.94. The summed E-state index contributed by atoms with van der Waals surface area (Å²) in [5, 5.41) is 2.47.